The van der Waals surface area contributed by atoms with Gasteiger partial charge in [0.15, 0.2) is 6.10 Å². The van der Waals surface area contributed by atoms with Gasteiger partial charge in [0.1, 0.15) is 0 Å². The van der Waals surface area contributed by atoms with Gasteiger partial charge in [-0.15, -0.1) is 0 Å². The molecule has 0 aliphatic carbocycles. The number of esters is 1. The quantitative estimate of drug-likeness (QED) is 0.571. The largest absolute Gasteiger partial charge is 0.449 e. The molecule has 1 unspecified atom stereocenters. The number of halogens is 1. The van der Waals surface area contributed by atoms with Crippen molar-refractivity contribution in [2.24, 2.45) is 0 Å². The highest BCUT2D eigenvalue weighted by atomic mass is 35.5. The molecule has 2 aromatic carbocycles. The number of amides is 1. The van der Waals surface area contributed by atoms with Crippen molar-refractivity contribution in [3.8, 4) is 0 Å². The molecule has 0 radical (unpaired) electrons. The molecule has 26 heavy (non-hydrogen) atoms. The molecular weight excluding hydrogens is 350 g/mol. The van der Waals surface area contributed by atoms with Gasteiger partial charge in [-0.3, -0.25) is 4.79 Å². The summed E-state index contributed by atoms with van der Waals surface area (Å²) in [6.07, 6.45) is 2.07. The lowest BCUT2D eigenvalue weighted by Crippen LogP contribution is -2.29. The summed E-state index contributed by atoms with van der Waals surface area (Å²) >= 11 is 5.80. The molecule has 5 heteroatoms. The molecule has 0 bridgehead atoms. The molecule has 0 spiro atoms. The molecule has 0 saturated heterocycles. The Hall–Kier alpha value is -2.59. The molecule has 1 atom stereocenters. The first-order valence-electron chi connectivity index (χ1n) is 8.40. The first kappa shape index (κ1) is 19.7. The second-order valence-corrected chi connectivity index (χ2v) is 6.67. The van der Waals surface area contributed by atoms with E-state index in [4.69, 9.17) is 16.3 Å². The van der Waals surface area contributed by atoms with Crippen LogP contribution in [-0.2, 0) is 14.3 Å². The molecule has 2 rings (SSSR count). The van der Waals surface area contributed by atoms with Crippen molar-refractivity contribution >= 4 is 35.2 Å². The maximum absolute atomic E-state index is 12.1. The molecule has 2 aromatic rings. The van der Waals surface area contributed by atoms with E-state index < -0.39 is 18.0 Å². The third kappa shape index (κ3) is 6.05. The van der Waals surface area contributed by atoms with Crippen LogP contribution in [0.5, 0.6) is 0 Å². The van der Waals surface area contributed by atoms with E-state index in [1.807, 2.05) is 24.3 Å². The average Bonchev–Trinajstić information content (AvgIpc) is 2.62. The lowest BCUT2D eigenvalue weighted by molar-refractivity contribution is -0.148. The van der Waals surface area contributed by atoms with Crippen LogP contribution in [0.1, 0.15) is 37.8 Å². The Morgan fingerprint density at radius 3 is 2.19 bits per heavy atom. The zero-order chi connectivity index (χ0) is 19.1. The van der Waals surface area contributed by atoms with Crippen LogP contribution in [0, 0.1) is 0 Å². The lowest BCUT2D eigenvalue weighted by atomic mass is 10.0. The molecule has 0 aliphatic rings. The predicted molar refractivity (Wildman–Crippen MR) is 105 cm³/mol. The van der Waals surface area contributed by atoms with Crippen molar-refractivity contribution in [2.75, 3.05) is 5.32 Å². The van der Waals surface area contributed by atoms with E-state index in [1.165, 1.54) is 18.6 Å². The summed E-state index contributed by atoms with van der Waals surface area (Å²) in [5.41, 5.74) is 2.71. The van der Waals surface area contributed by atoms with Crippen LogP contribution in [0.3, 0.4) is 0 Å². The minimum atomic E-state index is -0.911. The van der Waals surface area contributed by atoms with Crippen LogP contribution in [-0.4, -0.2) is 18.0 Å². The van der Waals surface area contributed by atoms with Crippen LogP contribution in [0.4, 0.5) is 5.69 Å². The molecule has 136 valence electrons. The van der Waals surface area contributed by atoms with Crippen molar-refractivity contribution in [1.29, 1.82) is 0 Å². The van der Waals surface area contributed by atoms with Crippen molar-refractivity contribution < 1.29 is 14.3 Å². The molecule has 0 fully saturated rings. The van der Waals surface area contributed by atoms with E-state index in [1.54, 1.807) is 30.3 Å². The summed E-state index contributed by atoms with van der Waals surface area (Å²) in [5, 5.41) is 3.24. The third-order valence-corrected chi connectivity index (χ3v) is 4.04. The Balaban J connectivity index is 1.87. The standard InChI is InChI=1S/C21H22ClNO3/c1-14(2)17-7-4-16(5-8-17)6-13-20(24)26-15(3)21(25)23-19-11-9-18(22)10-12-19/h4-15H,1-3H3,(H,23,25)/b13-6+. The zero-order valence-electron chi connectivity index (χ0n) is 15.0. The van der Waals surface area contributed by atoms with Crippen LogP contribution >= 0.6 is 11.6 Å². The van der Waals surface area contributed by atoms with Crippen molar-refractivity contribution in [3.63, 3.8) is 0 Å². The molecule has 0 aliphatic heterocycles. The number of benzene rings is 2. The maximum Gasteiger partial charge on any atom is 0.331 e. The number of ether oxygens (including phenoxy) is 1. The predicted octanol–water partition coefficient (Wildman–Crippen LogP) is 5.05. The van der Waals surface area contributed by atoms with Gasteiger partial charge >= 0.3 is 5.97 Å². The Morgan fingerprint density at radius 1 is 1.00 bits per heavy atom. The minimum Gasteiger partial charge on any atom is -0.449 e. The Kier molecular flexibility index (Phi) is 6.98. The van der Waals surface area contributed by atoms with Crippen LogP contribution in [0.2, 0.25) is 5.02 Å². The van der Waals surface area contributed by atoms with Crippen LogP contribution in [0.25, 0.3) is 6.08 Å². The highest BCUT2D eigenvalue weighted by Gasteiger charge is 2.16. The fraction of sp³-hybridized carbons (Fsp3) is 0.238. The van der Waals surface area contributed by atoms with Crippen LogP contribution < -0.4 is 5.32 Å². The molecule has 0 heterocycles. The smallest absolute Gasteiger partial charge is 0.331 e. The van der Waals surface area contributed by atoms with E-state index in [2.05, 4.69) is 19.2 Å². The fourth-order valence-electron chi connectivity index (χ4n) is 2.20. The highest BCUT2D eigenvalue weighted by Crippen LogP contribution is 2.16. The van der Waals surface area contributed by atoms with Gasteiger partial charge in [0.05, 0.1) is 0 Å². The molecule has 1 amide bonds. The van der Waals surface area contributed by atoms with Crippen LogP contribution in [0.15, 0.2) is 54.6 Å². The topological polar surface area (TPSA) is 55.4 Å². The molecule has 0 aromatic heterocycles. The highest BCUT2D eigenvalue weighted by molar-refractivity contribution is 6.30. The Bertz CT molecular complexity index is 780. The number of rotatable bonds is 6. The van der Waals surface area contributed by atoms with E-state index in [0.717, 1.165) is 5.56 Å². The molecular formula is C21H22ClNO3. The second-order valence-electron chi connectivity index (χ2n) is 6.23. The average molecular weight is 372 g/mol. The van der Waals surface area contributed by atoms with E-state index in [0.29, 0.717) is 16.6 Å². The maximum atomic E-state index is 12.1. The summed E-state index contributed by atoms with van der Waals surface area (Å²) in [5.74, 6) is -0.523. The molecule has 0 saturated carbocycles. The number of carbonyl (C=O) groups is 2. The van der Waals surface area contributed by atoms with Crippen molar-refractivity contribution in [1.82, 2.24) is 0 Å². The summed E-state index contributed by atoms with van der Waals surface area (Å²) in [6.45, 7) is 5.77. The number of nitrogens with one attached hydrogen (secondary N) is 1. The summed E-state index contributed by atoms with van der Waals surface area (Å²) < 4.78 is 5.13. The van der Waals surface area contributed by atoms with Gasteiger partial charge in [0.25, 0.3) is 5.91 Å². The lowest BCUT2D eigenvalue weighted by Gasteiger charge is -2.12. The van der Waals surface area contributed by atoms with Crippen molar-refractivity contribution in [3.05, 3.63) is 70.8 Å². The van der Waals surface area contributed by atoms with Gasteiger partial charge in [-0.2, -0.15) is 0 Å². The Morgan fingerprint density at radius 2 is 1.62 bits per heavy atom. The summed E-state index contributed by atoms with van der Waals surface area (Å²) in [4.78, 5) is 24.0. The van der Waals surface area contributed by atoms with Gasteiger partial charge in [0.2, 0.25) is 0 Å². The first-order valence-corrected chi connectivity index (χ1v) is 8.78. The Labute approximate surface area is 158 Å². The summed E-state index contributed by atoms with van der Waals surface area (Å²) in [7, 11) is 0. The number of anilines is 1. The van der Waals surface area contributed by atoms with Gasteiger partial charge in [-0.25, -0.2) is 4.79 Å². The van der Waals surface area contributed by atoms with Gasteiger partial charge in [0, 0.05) is 16.8 Å². The number of carbonyl (C=O) groups excluding carboxylic acids is 2. The normalized spacial score (nSPS) is 12.2. The molecule has 4 nitrogen and oxygen atoms in total. The SMILES string of the molecule is CC(OC(=O)/C=C/c1ccc(C(C)C)cc1)C(=O)Nc1ccc(Cl)cc1. The van der Waals surface area contributed by atoms with E-state index in [-0.39, 0.29) is 0 Å². The second kappa shape index (κ2) is 9.20. The van der Waals surface area contributed by atoms with Gasteiger partial charge in [-0.05, 0) is 54.3 Å². The summed E-state index contributed by atoms with van der Waals surface area (Å²) in [6, 6.07) is 14.6. The zero-order valence-corrected chi connectivity index (χ0v) is 15.8. The van der Waals surface area contributed by atoms with Gasteiger partial charge < -0.3 is 10.1 Å². The number of hydrogen-bond acceptors (Lipinski definition) is 3. The number of hydrogen-bond donors (Lipinski definition) is 1. The minimum absolute atomic E-state index is 0.407. The van der Waals surface area contributed by atoms with Gasteiger partial charge in [-0.1, -0.05) is 49.7 Å². The van der Waals surface area contributed by atoms with E-state index >= 15 is 0 Å². The van der Waals surface area contributed by atoms with Crippen molar-refractivity contribution in [2.45, 2.75) is 32.8 Å². The van der Waals surface area contributed by atoms with E-state index in [9.17, 15) is 9.59 Å². The third-order valence-electron chi connectivity index (χ3n) is 3.79. The first-order chi connectivity index (χ1) is 12.3. The molecule has 1 N–H and O–H groups in total. The monoisotopic (exact) mass is 371 g/mol. The fourth-order valence-corrected chi connectivity index (χ4v) is 2.33.